The number of carbonyl (C=O) groups is 3. The predicted molar refractivity (Wildman–Crippen MR) is 164 cm³/mol. The lowest BCUT2D eigenvalue weighted by Crippen LogP contribution is -2.52. The summed E-state index contributed by atoms with van der Waals surface area (Å²) in [7, 11) is 0. The summed E-state index contributed by atoms with van der Waals surface area (Å²) < 4.78 is 12.5. The first-order valence-electron chi connectivity index (χ1n) is 16.2. The van der Waals surface area contributed by atoms with E-state index in [2.05, 4.69) is 31.4 Å². The molecule has 0 spiro atoms. The fraction of sp³-hybridized carbons (Fsp3) is 0.909. The molecule has 1 heterocycles. The van der Waals surface area contributed by atoms with Crippen molar-refractivity contribution in [1.82, 2.24) is 15.5 Å². The second-order valence-corrected chi connectivity index (χ2v) is 14.9. The van der Waals surface area contributed by atoms with Crippen molar-refractivity contribution in [2.75, 3.05) is 6.54 Å². The zero-order valence-corrected chi connectivity index (χ0v) is 28.0. The minimum atomic E-state index is -0.872. The largest absolute Gasteiger partial charge is 0.444 e. The monoisotopic (exact) mass is 579 g/mol. The highest BCUT2D eigenvalue weighted by Crippen LogP contribution is 2.41. The molecule has 2 N–H and O–H groups in total. The number of nitrogens with zero attached hydrogens (tertiary/aromatic N) is 1. The van der Waals surface area contributed by atoms with Crippen molar-refractivity contribution in [3.05, 3.63) is 0 Å². The van der Waals surface area contributed by atoms with Gasteiger partial charge in [0.15, 0.2) is 0 Å². The van der Waals surface area contributed by atoms with Crippen LogP contribution in [0.4, 0.5) is 4.79 Å². The van der Waals surface area contributed by atoms with Crippen LogP contribution in [-0.2, 0) is 19.1 Å². The molecule has 2 fully saturated rings. The Morgan fingerprint density at radius 2 is 1.61 bits per heavy atom. The zero-order valence-electron chi connectivity index (χ0n) is 28.0. The molecule has 8 heteroatoms. The van der Waals surface area contributed by atoms with E-state index in [1.165, 1.54) is 19.3 Å². The van der Waals surface area contributed by atoms with Crippen molar-refractivity contribution < 1.29 is 23.9 Å². The minimum Gasteiger partial charge on any atom is -0.444 e. The van der Waals surface area contributed by atoms with Crippen molar-refractivity contribution in [3.8, 4) is 0 Å². The molecule has 41 heavy (non-hydrogen) atoms. The van der Waals surface area contributed by atoms with Gasteiger partial charge in [0, 0.05) is 5.92 Å². The van der Waals surface area contributed by atoms with Crippen LogP contribution in [0.15, 0.2) is 0 Å². The molecule has 1 aliphatic carbocycles. The van der Waals surface area contributed by atoms with Gasteiger partial charge in [0.25, 0.3) is 0 Å². The maximum atomic E-state index is 13.7. The van der Waals surface area contributed by atoms with Gasteiger partial charge < -0.3 is 14.8 Å². The number of rotatable bonds is 12. The first-order chi connectivity index (χ1) is 19.0. The van der Waals surface area contributed by atoms with Gasteiger partial charge in [-0.05, 0) is 77.7 Å². The average molecular weight is 580 g/mol. The summed E-state index contributed by atoms with van der Waals surface area (Å²) in [6.45, 7) is 22.5. The smallest absolute Gasteiger partial charge is 0.412 e. The highest BCUT2D eigenvalue weighted by Gasteiger charge is 2.52. The molecule has 0 radical (unpaired) electrons. The number of ether oxygens (including phenoxy) is 2. The van der Waals surface area contributed by atoms with E-state index in [0.717, 1.165) is 25.7 Å². The Hall–Kier alpha value is -1.67. The number of amides is 3. The van der Waals surface area contributed by atoms with Gasteiger partial charge in [0.1, 0.15) is 11.3 Å². The normalized spacial score (nSPS) is 23.9. The van der Waals surface area contributed by atoms with Crippen LogP contribution in [0.2, 0.25) is 0 Å². The third kappa shape index (κ3) is 10.5. The SMILES string of the molecule is CC[C@H](C)[C@H](NCC(C)C)C(=O)NC(=O)[C@@H](C[C@@H]1OC(C)(C)N(C(=O)OC(C)(C)C)[C@H]1CC1CCCCC1)C(C)C. The van der Waals surface area contributed by atoms with Crippen LogP contribution >= 0.6 is 0 Å². The van der Waals surface area contributed by atoms with Crippen LogP contribution < -0.4 is 10.6 Å². The van der Waals surface area contributed by atoms with Gasteiger partial charge >= 0.3 is 6.09 Å². The molecule has 0 aromatic heterocycles. The summed E-state index contributed by atoms with van der Waals surface area (Å²) in [4.78, 5) is 42.3. The highest BCUT2D eigenvalue weighted by molar-refractivity contribution is 5.98. The quantitative estimate of drug-likeness (QED) is 0.268. The molecule has 2 rings (SSSR count). The summed E-state index contributed by atoms with van der Waals surface area (Å²) in [5, 5.41) is 6.12. The maximum absolute atomic E-state index is 13.7. The molecule has 1 saturated heterocycles. The van der Waals surface area contributed by atoms with Crippen molar-refractivity contribution in [2.45, 2.75) is 157 Å². The van der Waals surface area contributed by atoms with Crippen LogP contribution in [0.25, 0.3) is 0 Å². The number of carbonyl (C=O) groups excluding carboxylic acids is 3. The Morgan fingerprint density at radius 1 is 1.00 bits per heavy atom. The van der Waals surface area contributed by atoms with E-state index in [1.54, 1.807) is 4.90 Å². The summed E-state index contributed by atoms with van der Waals surface area (Å²) in [5.41, 5.74) is -1.50. The number of hydrogen-bond donors (Lipinski definition) is 2. The lowest BCUT2D eigenvalue weighted by atomic mass is 9.81. The van der Waals surface area contributed by atoms with Crippen LogP contribution in [-0.4, -0.2) is 58.9 Å². The number of hydrogen-bond acceptors (Lipinski definition) is 6. The Morgan fingerprint density at radius 3 is 2.12 bits per heavy atom. The van der Waals surface area contributed by atoms with Gasteiger partial charge in [0.05, 0.1) is 18.2 Å². The minimum absolute atomic E-state index is 0.00825. The van der Waals surface area contributed by atoms with E-state index < -0.39 is 23.3 Å². The lowest BCUT2D eigenvalue weighted by Gasteiger charge is -2.37. The Kier molecular flexibility index (Phi) is 13.1. The average Bonchev–Trinajstić information content (AvgIpc) is 3.10. The van der Waals surface area contributed by atoms with E-state index in [0.29, 0.717) is 24.8 Å². The molecule has 0 aromatic carbocycles. The van der Waals surface area contributed by atoms with Crippen LogP contribution in [0.5, 0.6) is 0 Å². The Labute approximate surface area is 250 Å². The summed E-state index contributed by atoms with van der Waals surface area (Å²) in [6, 6.07) is -0.629. The number of imide groups is 1. The first kappa shape index (κ1) is 35.5. The molecule has 5 atom stereocenters. The van der Waals surface area contributed by atoms with Crippen molar-refractivity contribution in [2.24, 2.45) is 29.6 Å². The second-order valence-electron chi connectivity index (χ2n) is 14.9. The third-order valence-corrected chi connectivity index (χ3v) is 8.79. The fourth-order valence-corrected chi connectivity index (χ4v) is 6.34. The standard InChI is InChI=1S/C33H61N3O5/c1-12-23(6)28(34-20-21(2)3)30(38)35-29(37)25(22(4)5)19-27-26(18-24-16-14-13-15-17-24)36(33(10,11)40-27)31(39)41-32(7,8)9/h21-28,34H,12-20H2,1-11H3,(H,35,37,38)/t23-,25-,26-,27-,28-/m0/s1. The summed E-state index contributed by atoms with van der Waals surface area (Å²) in [5.74, 6) is 0.0251. The van der Waals surface area contributed by atoms with Gasteiger partial charge in [-0.25, -0.2) is 4.79 Å². The van der Waals surface area contributed by atoms with E-state index in [4.69, 9.17) is 9.47 Å². The van der Waals surface area contributed by atoms with Gasteiger partial charge in [-0.2, -0.15) is 0 Å². The van der Waals surface area contributed by atoms with Crippen LogP contribution in [0, 0.1) is 29.6 Å². The molecule has 2 aliphatic rings. The lowest BCUT2D eigenvalue weighted by molar-refractivity contribution is -0.137. The topological polar surface area (TPSA) is 97.0 Å². The second kappa shape index (κ2) is 15.2. The van der Waals surface area contributed by atoms with Crippen molar-refractivity contribution in [3.63, 3.8) is 0 Å². The van der Waals surface area contributed by atoms with Crippen molar-refractivity contribution >= 4 is 17.9 Å². The molecular formula is C33H61N3O5. The van der Waals surface area contributed by atoms with Gasteiger partial charge in [-0.1, -0.05) is 80.1 Å². The van der Waals surface area contributed by atoms with Crippen LogP contribution in [0.3, 0.4) is 0 Å². The predicted octanol–water partition coefficient (Wildman–Crippen LogP) is 6.66. The van der Waals surface area contributed by atoms with E-state index in [-0.39, 0.29) is 41.9 Å². The van der Waals surface area contributed by atoms with Crippen molar-refractivity contribution in [1.29, 1.82) is 0 Å². The molecular weight excluding hydrogens is 518 g/mol. The fourth-order valence-electron chi connectivity index (χ4n) is 6.34. The van der Waals surface area contributed by atoms with E-state index >= 15 is 0 Å². The number of nitrogens with one attached hydrogen (secondary N) is 2. The molecule has 238 valence electrons. The molecule has 0 unspecified atom stereocenters. The van der Waals surface area contributed by atoms with Gasteiger partial charge in [0.2, 0.25) is 11.8 Å². The van der Waals surface area contributed by atoms with Crippen LogP contribution in [0.1, 0.15) is 128 Å². The highest BCUT2D eigenvalue weighted by atomic mass is 16.6. The molecule has 8 nitrogen and oxygen atoms in total. The zero-order chi connectivity index (χ0) is 31.1. The first-order valence-corrected chi connectivity index (χ1v) is 16.2. The Bertz CT molecular complexity index is 859. The van der Waals surface area contributed by atoms with Gasteiger partial charge in [-0.15, -0.1) is 0 Å². The molecule has 3 amide bonds. The molecule has 0 bridgehead atoms. The summed E-state index contributed by atoms with van der Waals surface area (Å²) in [6.07, 6.45) is 7.35. The summed E-state index contributed by atoms with van der Waals surface area (Å²) >= 11 is 0. The molecule has 0 aromatic rings. The molecule has 1 aliphatic heterocycles. The maximum Gasteiger partial charge on any atom is 0.412 e. The van der Waals surface area contributed by atoms with E-state index in [9.17, 15) is 14.4 Å². The van der Waals surface area contributed by atoms with Gasteiger partial charge in [-0.3, -0.25) is 19.8 Å². The molecule has 1 saturated carbocycles. The third-order valence-electron chi connectivity index (χ3n) is 8.79. The Balaban J connectivity index is 2.29. The van der Waals surface area contributed by atoms with E-state index in [1.807, 2.05) is 55.4 Å².